The van der Waals surface area contributed by atoms with Crippen LogP contribution in [0.4, 0.5) is 39.5 Å². The highest BCUT2D eigenvalue weighted by molar-refractivity contribution is 7.89. The van der Waals surface area contributed by atoms with Crippen LogP contribution in [-0.2, 0) is 41.6 Å². The van der Waals surface area contributed by atoms with Gasteiger partial charge in [0, 0.05) is 25.2 Å². The van der Waals surface area contributed by atoms with Gasteiger partial charge in [-0.3, -0.25) is 14.7 Å². The zero-order valence-electron chi connectivity index (χ0n) is 36.5. The van der Waals surface area contributed by atoms with E-state index in [-0.39, 0.29) is 56.3 Å². The lowest BCUT2D eigenvalue weighted by molar-refractivity contribution is -0.324. The van der Waals surface area contributed by atoms with E-state index in [1.165, 1.54) is 13.1 Å². The lowest BCUT2D eigenvalue weighted by Crippen LogP contribution is -2.58. The third kappa shape index (κ3) is 13.1. The molecule has 1 unspecified atom stereocenters. The van der Waals surface area contributed by atoms with E-state index in [0.29, 0.717) is 23.3 Å². The van der Waals surface area contributed by atoms with Gasteiger partial charge in [-0.05, 0) is 116 Å². The van der Waals surface area contributed by atoms with Crippen molar-refractivity contribution in [3.8, 4) is 5.75 Å². The maximum atomic E-state index is 14.8. The molecule has 0 aromatic heterocycles. The number of ether oxygens (including phenoxy) is 4. The average molecular weight is 949 g/mol. The van der Waals surface area contributed by atoms with Crippen molar-refractivity contribution in [1.82, 2.24) is 14.5 Å². The first-order valence-corrected chi connectivity index (χ1v) is 21.5. The largest absolute Gasteiger partial charge is 0.487 e. The molecule has 0 saturated carbocycles. The Labute approximate surface area is 365 Å². The number of amidine groups is 1. The summed E-state index contributed by atoms with van der Waals surface area (Å²) in [4.78, 5) is 31.1. The van der Waals surface area contributed by atoms with Gasteiger partial charge in [-0.15, -0.1) is 0 Å². The molecule has 0 aliphatic carbocycles. The Morgan fingerprint density at radius 2 is 1.53 bits per heavy atom. The first kappa shape index (κ1) is 52.6. The Morgan fingerprint density at radius 1 is 0.922 bits per heavy atom. The number of hydrogen-bond donors (Lipinski definition) is 2. The van der Waals surface area contributed by atoms with Gasteiger partial charge in [0.15, 0.2) is 6.61 Å². The number of nitrogens with one attached hydrogen (secondary N) is 1. The first-order chi connectivity index (χ1) is 29.1. The Bertz CT molecular complexity index is 2150. The second-order valence-corrected chi connectivity index (χ2v) is 19.7. The number of piperidine rings is 1. The molecule has 1 atom stereocenters. The molecule has 0 radical (unpaired) electrons. The number of sulfonamides is 1. The molecule has 4 rings (SSSR count). The van der Waals surface area contributed by atoms with E-state index in [9.17, 15) is 62.6 Å². The van der Waals surface area contributed by atoms with Crippen molar-refractivity contribution in [3.63, 3.8) is 0 Å². The lowest BCUT2D eigenvalue weighted by Gasteiger charge is -2.34. The van der Waals surface area contributed by atoms with Crippen molar-refractivity contribution >= 4 is 27.7 Å². The van der Waals surface area contributed by atoms with E-state index < -0.39 is 112 Å². The maximum absolute atomic E-state index is 14.8. The molecule has 1 spiro atoms. The minimum atomic E-state index is -6.14. The highest BCUT2D eigenvalue weighted by Gasteiger charge is 2.72. The Morgan fingerprint density at radius 3 is 2.09 bits per heavy atom. The normalized spacial score (nSPS) is 17.4. The summed E-state index contributed by atoms with van der Waals surface area (Å²) in [5.74, 6) is -20.6. The highest BCUT2D eigenvalue weighted by atomic mass is 32.2. The smallest absolute Gasteiger partial charge is 0.416 e. The molecule has 64 heavy (non-hydrogen) atoms. The van der Waals surface area contributed by atoms with Gasteiger partial charge in [-0.25, -0.2) is 17.5 Å². The van der Waals surface area contributed by atoms with Gasteiger partial charge < -0.3 is 29.4 Å². The number of halogens is 9. The standard InChI is InChI=1S/C41H53F9N4O9S/c1-25-19-27(32(55)62-35(2,3)4)10-9-26(25)11-18-64(58,59)54-14-12-37(13-15-54)33(56)51-31(52-37)28-20-29(40(46,47)48)22-30(21-28)61-24-39(44,45)41(49,50)38(42,43)23-60-17-16-53(8)34(57)63-36(5,6)7/h9-10,19-22,34,57H,11-18,23-24H2,1-8H3,(H,51,52,56). The number of nitrogens with zero attached hydrogens (tertiary/aromatic N) is 3. The van der Waals surface area contributed by atoms with Crippen LogP contribution in [0.1, 0.15) is 87.0 Å². The van der Waals surface area contributed by atoms with E-state index in [0.717, 1.165) is 9.21 Å². The molecule has 2 aliphatic rings. The van der Waals surface area contributed by atoms with Crippen LogP contribution in [0.5, 0.6) is 5.75 Å². The molecule has 1 amide bonds. The number of carbonyl (C=O) groups is 2. The molecule has 2 aromatic carbocycles. The second kappa shape index (κ2) is 19.1. The number of rotatable bonds is 18. The fraction of sp³-hybridized carbons (Fsp3) is 0.634. The molecule has 2 N–H and O–H groups in total. The van der Waals surface area contributed by atoms with Crippen LogP contribution in [0.15, 0.2) is 41.4 Å². The van der Waals surface area contributed by atoms with Crippen molar-refractivity contribution < 1.29 is 81.6 Å². The number of aliphatic hydroxyl groups excluding tert-OH is 1. The number of likely N-dealkylation sites (N-methyl/N-ethyl adjacent to an activating group) is 1. The van der Waals surface area contributed by atoms with Crippen molar-refractivity contribution in [3.05, 3.63) is 64.2 Å². The predicted molar refractivity (Wildman–Crippen MR) is 214 cm³/mol. The molecular formula is C41H53F9N4O9S. The number of amides is 1. The third-order valence-electron chi connectivity index (χ3n) is 10.1. The summed E-state index contributed by atoms with van der Waals surface area (Å²) in [5, 5.41) is 12.3. The van der Waals surface area contributed by atoms with Crippen molar-refractivity contribution in [2.45, 2.75) is 115 Å². The number of aliphatic imine (C=N–C) groups is 1. The maximum Gasteiger partial charge on any atom is 0.416 e. The van der Waals surface area contributed by atoms with Crippen LogP contribution in [0.2, 0.25) is 0 Å². The first-order valence-electron chi connectivity index (χ1n) is 19.9. The Balaban J connectivity index is 1.42. The van der Waals surface area contributed by atoms with Gasteiger partial charge in [0.2, 0.25) is 16.4 Å². The summed E-state index contributed by atoms with van der Waals surface area (Å²) >= 11 is 0. The zero-order valence-corrected chi connectivity index (χ0v) is 37.3. The van der Waals surface area contributed by atoms with Crippen LogP contribution in [0, 0.1) is 6.92 Å². The van der Waals surface area contributed by atoms with E-state index in [2.05, 4.69) is 19.8 Å². The fourth-order valence-corrected chi connectivity index (χ4v) is 7.94. The SMILES string of the molecule is Cc1cc(C(=O)OC(C)(C)C)ccc1CCS(=O)(=O)N1CCC2(CC1)N=C(c1cc(OCC(F)(F)C(F)(F)C(F)(F)COCCN(C)C(O)OC(C)(C)C)cc(C(F)(F)F)c1)NC2=O. The number of alkyl halides is 9. The third-order valence-corrected chi connectivity index (χ3v) is 12.0. The summed E-state index contributed by atoms with van der Waals surface area (Å²) in [6, 6.07) is 6.04. The number of esters is 1. The Kier molecular flexibility index (Phi) is 15.7. The van der Waals surface area contributed by atoms with Crippen molar-refractivity contribution in [2.75, 3.05) is 52.3 Å². The number of hydrogen-bond acceptors (Lipinski definition) is 11. The average Bonchev–Trinajstić information content (AvgIpc) is 3.47. The fourth-order valence-electron chi connectivity index (χ4n) is 6.47. The number of benzene rings is 2. The molecular weight excluding hydrogens is 896 g/mol. The summed E-state index contributed by atoms with van der Waals surface area (Å²) in [5.41, 5.74) is -3.71. The molecule has 360 valence electrons. The molecule has 13 nitrogen and oxygen atoms in total. The quantitative estimate of drug-likeness (QED) is 0.0725. The van der Waals surface area contributed by atoms with Gasteiger partial charge in [0.25, 0.3) is 5.91 Å². The van der Waals surface area contributed by atoms with Crippen molar-refractivity contribution in [1.29, 1.82) is 0 Å². The van der Waals surface area contributed by atoms with Crippen LogP contribution >= 0.6 is 0 Å². The van der Waals surface area contributed by atoms with Gasteiger partial charge in [0.05, 0.1) is 29.1 Å². The minimum Gasteiger partial charge on any atom is -0.487 e. The van der Waals surface area contributed by atoms with E-state index >= 15 is 0 Å². The topological polar surface area (TPSA) is 156 Å². The number of carbonyl (C=O) groups excluding carboxylic acids is 2. The molecule has 23 heteroatoms. The molecule has 0 bridgehead atoms. The second-order valence-electron chi connectivity index (χ2n) is 17.7. The summed E-state index contributed by atoms with van der Waals surface area (Å²) in [6.45, 7) is 5.45. The number of aliphatic hydroxyl groups is 1. The molecule has 1 saturated heterocycles. The zero-order chi connectivity index (χ0) is 48.5. The van der Waals surface area contributed by atoms with Gasteiger partial charge in [0.1, 0.15) is 29.3 Å². The van der Waals surface area contributed by atoms with Gasteiger partial charge in [-0.1, -0.05) is 6.07 Å². The van der Waals surface area contributed by atoms with Crippen LogP contribution < -0.4 is 10.1 Å². The van der Waals surface area contributed by atoms with E-state index in [1.54, 1.807) is 60.6 Å². The van der Waals surface area contributed by atoms with E-state index in [1.807, 2.05) is 0 Å². The van der Waals surface area contributed by atoms with Crippen LogP contribution in [0.3, 0.4) is 0 Å². The van der Waals surface area contributed by atoms with Crippen LogP contribution in [0.25, 0.3) is 0 Å². The Hall–Kier alpha value is -4.03. The van der Waals surface area contributed by atoms with Gasteiger partial charge in [-0.2, -0.15) is 39.5 Å². The molecule has 1 fully saturated rings. The number of aryl methyl sites for hydroxylation is 2. The van der Waals surface area contributed by atoms with Crippen molar-refractivity contribution in [2.24, 2.45) is 4.99 Å². The summed E-state index contributed by atoms with van der Waals surface area (Å²) < 4.78 is 178. The molecule has 2 aromatic rings. The van der Waals surface area contributed by atoms with E-state index in [4.69, 9.17) is 9.47 Å². The van der Waals surface area contributed by atoms with Crippen LogP contribution in [-0.4, -0.2) is 134 Å². The summed E-state index contributed by atoms with van der Waals surface area (Å²) in [7, 11) is -2.64. The van der Waals surface area contributed by atoms with Gasteiger partial charge >= 0.3 is 29.9 Å². The predicted octanol–water partition coefficient (Wildman–Crippen LogP) is 6.58. The summed E-state index contributed by atoms with van der Waals surface area (Å²) in [6.07, 6.45) is -7.08. The molecule has 2 aliphatic heterocycles. The lowest BCUT2D eigenvalue weighted by atomic mass is 9.89. The molecule has 2 heterocycles. The monoisotopic (exact) mass is 948 g/mol. The highest BCUT2D eigenvalue weighted by Crippen LogP contribution is 2.46. The minimum absolute atomic E-state index is 0.0761.